The van der Waals surface area contributed by atoms with E-state index in [0.29, 0.717) is 19.6 Å². The maximum Gasteiger partial charge on any atom is 0.225 e. The van der Waals surface area contributed by atoms with Crippen molar-refractivity contribution >= 4 is 5.91 Å². The molecular weight excluding hydrogens is 268 g/mol. The summed E-state index contributed by atoms with van der Waals surface area (Å²) < 4.78 is 11.4. The smallest absolute Gasteiger partial charge is 0.225 e. The van der Waals surface area contributed by atoms with E-state index in [4.69, 9.17) is 15.2 Å². The highest BCUT2D eigenvalue weighted by Crippen LogP contribution is 2.19. The molecule has 0 saturated carbocycles. The number of hydrogen-bond acceptors (Lipinski definition) is 4. The number of nitrogens with two attached hydrogens (primary N) is 1. The Hall–Kier alpha value is -0.650. The summed E-state index contributed by atoms with van der Waals surface area (Å²) >= 11 is 0. The van der Waals surface area contributed by atoms with Crippen molar-refractivity contribution in [1.29, 1.82) is 0 Å². The van der Waals surface area contributed by atoms with E-state index in [-0.39, 0.29) is 24.0 Å². The minimum Gasteiger partial charge on any atom is -0.376 e. The van der Waals surface area contributed by atoms with Crippen LogP contribution in [0.25, 0.3) is 0 Å². The second-order valence-corrected chi connectivity index (χ2v) is 6.35. The monoisotopic (exact) mass is 298 g/mol. The first kappa shape index (κ1) is 16.7. The van der Waals surface area contributed by atoms with Gasteiger partial charge < -0.3 is 20.1 Å². The normalized spacial score (nSPS) is 27.0. The second kappa shape index (κ2) is 8.71. The largest absolute Gasteiger partial charge is 0.376 e. The fourth-order valence-corrected chi connectivity index (χ4v) is 3.18. The number of rotatable bonds is 8. The molecule has 1 amide bonds. The van der Waals surface area contributed by atoms with Gasteiger partial charge in [-0.25, -0.2) is 0 Å². The number of carbonyl (C=O) groups is 1. The number of carbonyl (C=O) groups excluding carboxylic acids is 1. The summed E-state index contributed by atoms with van der Waals surface area (Å²) in [5.41, 5.74) is 5.55. The van der Waals surface area contributed by atoms with Gasteiger partial charge in [-0.1, -0.05) is 6.92 Å². The molecular formula is C16H30N2O3. The predicted octanol–water partition coefficient (Wildman–Crippen LogP) is 1.55. The van der Waals surface area contributed by atoms with E-state index in [1.54, 1.807) is 0 Å². The third-order valence-electron chi connectivity index (χ3n) is 4.47. The van der Waals surface area contributed by atoms with Crippen molar-refractivity contribution < 1.29 is 14.3 Å². The molecule has 122 valence electrons. The molecule has 2 aliphatic rings. The van der Waals surface area contributed by atoms with Gasteiger partial charge in [-0.15, -0.1) is 0 Å². The zero-order chi connectivity index (χ0) is 15.1. The molecule has 2 fully saturated rings. The van der Waals surface area contributed by atoms with Crippen LogP contribution in [0.2, 0.25) is 0 Å². The van der Waals surface area contributed by atoms with Gasteiger partial charge in [-0.3, -0.25) is 4.79 Å². The second-order valence-electron chi connectivity index (χ2n) is 6.35. The topological polar surface area (TPSA) is 64.8 Å². The Morgan fingerprint density at radius 2 is 1.76 bits per heavy atom. The Morgan fingerprint density at radius 1 is 1.19 bits per heavy atom. The fourth-order valence-electron chi connectivity index (χ4n) is 3.18. The van der Waals surface area contributed by atoms with Crippen LogP contribution in [-0.4, -0.2) is 55.9 Å². The highest BCUT2D eigenvalue weighted by atomic mass is 16.5. The summed E-state index contributed by atoms with van der Waals surface area (Å²) in [6, 6.07) is 0. The standard InChI is InChI=1S/C16H30N2O3/c1-13(5-2-8-17)16(19)18(11-14-6-3-9-20-14)12-15-7-4-10-21-15/h13-15H,2-12,17H2,1H3. The molecule has 0 radical (unpaired) electrons. The average Bonchev–Trinajstić information content (AvgIpc) is 3.16. The molecule has 21 heavy (non-hydrogen) atoms. The molecule has 2 rings (SSSR count). The number of nitrogens with zero attached hydrogens (tertiary/aromatic N) is 1. The minimum atomic E-state index is 0.0383. The van der Waals surface area contributed by atoms with Crippen molar-refractivity contribution in [3.8, 4) is 0 Å². The highest BCUT2D eigenvalue weighted by molar-refractivity contribution is 5.78. The van der Waals surface area contributed by atoms with Crippen LogP contribution in [0.15, 0.2) is 0 Å². The van der Waals surface area contributed by atoms with E-state index in [1.807, 2.05) is 11.8 Å². The summed E-state index contributed by atoms with van der Waals surface area (Å²) in [7, 11) is 0. The van der Waals surface area contributed by atoms with Crippen molar-refractivity contribution in [3.63, 3.8) is 0 Å². The lowest BCUT2D eigenvalue weighted by Gasteiger charge is -2.30. The molecule has 2 N–H and O–H groups in total. The van der Waals surface area contributed by atoms with Crippen molar-refractivity contribution in [2.24, 2.45) is 11.7 Å². The minimum absolute atomic E-state index is 0.0383. The van der Waals surface area contributed by atoms with E-state index < -0.39 is 0 Å². The van der Waals surface area contributed by atoms with Crippen LogP contribution in [-0.2, 0) is 14.3 Å². The maximum absolute atomic E-state index is 12.7. The molecule has 0 aliphatic carbocycles. The number of amides is 1. The quantitative estimate of drug-likeness (QED) is 0.738. The molecule has 2 aliphatic heterocycles. The van der Waals surface area contributed by atoms with Gasteiger partial charge in [0.2, 0.25) is 5.91 Å². The van der Waals surface area contributed by atoms with Crippen molar-refractivity contribution in [1.82, 2.24) is 4.90 Å². The maximum atomic E-state index is 12.7. The molecule has 2 saturated heterocycles. The van der Waals surface area contributed by atoms with E-state index in [2.05, 4.69) is 0 Å². The van der Waals surface area contributed by atoms with Crippen LogP contribution < -0.4 is 5.73 Å². The van der Waals surface area contributed by atoms with Gasteiger partial charge in [0.15, 0.2) is 0 Å². The lowest BCUT2D eigenvalue weighted by atomic mass is 10.0. The van der Waals surface area contributed by atoms with Gasteiger partial charge in [-0.2, -0.15) is 0 Å². The lowest BCUT2D eigenvalue weighted by Crippen LogP contribution is -2.44. The molecule has 0 spiro atoms. The Morgan fingerprint density at radius 3 is 2.19 bits per heavy atom. The van der Waals surface area contributed by atoms with Gasteiger partial charge in [-0.05, 0) is 45.1 Å². The van der Waals surface area contributed by atoms with Gasteiger partial charge in [0.1, 0.15) is 0 Å². The number of ether oxygens (including phenoxy) is 2. The third kappa shape index (κ3) is 5.24. The van der Waals surface area contributed by atoms with Crippen LogP contribution in [0.5, 0.6) is 0 Å². The van der Waals surface area contributed by atoms with Crippen molar-refractivity contribution in [2.75, 3.05) is 32.8 Å². The third-order valence-corrected chi connectivity index (χ3v) is 4.47. The molecule has 0 aromatic heterocycles. The molecule has 5 nitrogen and oxygen atoms in total. The molecule has 3 unspecified atom stereocenters. The van der Waals surface area contributed by atoms with Crippen LogP contribution in [0.1, 0.15) is 45.4 Å². The highest BCUT2D eigenvalue weighted by Gasteiger charge is 2.28. The average molecular weight is 298 g/mol. The van der Waals surface area contributed by atoms with Crippen LogP contribution in [0, 0.1) is 5.92 Å². The Bertz CT molecular complexity index is 295. The summed E-state index contributed by atoms with van der Waals surface area (Å²) in [5, 5.41) is 0. The van der Waals surface area contributed by atoms with Gasteiger partial charge in [0.05, 0.1) is 12.2 Å². The molecule has 0 bridgehead atoms. The summed E-state index contributed by atoms with van der Waals surface area (Å²) in [5.74, 6) is 0.269. The first-order valence-electron chi connectivity index (χ1n) is 8.42. The van der Waals surface area contributed by atoms with Gasteiger partial charge >= 0.3 is 0 Å². The van der Waals surface area contributed by atoms with E-state index in [1.165, 1.54) is 0 Å². The molecule has 3 atom stereocenters. The summed E-state index contributed by atoms with van der Waals surface area (Å²) in [6.45, 7) is 5.74. The SMILES string of the molecule is CC(CCCN)C(=O)N(CC1CCCO1)CC1CCCO1. The molecule has 5 heteroatoms. The molecule has 0 aromatic rings. The summed E-state index contributed by atoms with van der Waals surface area (Å²) in [6.07, 6.45) is 6.52. The number of hydrogen-bond donors (Lipinski definition) is 1. The zero-order valence-corrected chi connectivity index (χ0v) is 13.3. The van der Waals surface area contributed by atoms with Crippen LogP contribution >= 0.6 is 0 Å². The Kier molecular flexibility index (Phi) is 6.93. The summed E-state index contributed by atoms with van der Waals surface area (Å²) in [4.78, 5) is 14.7. The first-order chi connectivity index (χ1) is 10.2. The van der Waals surface area contributed by atoms with E-state index >= 15 is 0 Å². The Balaban J connectivity index is 1.90. The lowest BCUT2D eigenvalue weighted by molar-refractivity contribution is -0.138. The fraction of sp³-hybridized carbons (Fsp3) is 0.938. The van der Waals surface area contributed by atoms with Crippen molar-refractivity contribution in [2.45, 2.75) is 57.7 Å². The van der Waals surface area contributed by atoms with Crippen molar-refractivity contribution in [3.05, 3.63) is 0 Å². The zero-order valence-electron chi connectivity index (χ0n) is 13.3. The van der Waals surface area contributed by atoms with Gasteiger partial charge in [0, 0.05) is 32.2 Å². The van der Waals surface area contributed by atoms with E-state index in [9.17, 15) is 4.79 Å². The predicted molar refractivity (Wildman–Crippen MR) is 82.0 cm³/mol. The van der Waals surface area contributed by atoms with Crippen LogP contribution in [0.4, 0.5) is 0 Å². The molecule has 2 heterocycles. The van der Waals surface area contributed by atoms with E-state index in [0.717, 1.165) is 51.7 Å². The first-order valence-corrected chi connectivity index (χ1v) is 8.42. The van der Waals surface area contributed by atoms with Crippen LogP contribution in [0.3, 0.4) is 0 Å². The molecule has 0 aromatic carbocycles. The Labute approximate surface area is 128 Å². The van der Waals surface area contributed by atoms with Gasteiger partial charge in [0.25, 0.3) is 0 Å².